The third-order valence-electron chi connectivity index (χ3n) is 1.83. The third kappa shape index (κ3) is 1.88. The molecular formula is C9H3ClF3NO2. The van der Waals surface area contributed by atoms with Gasteiger partial charge in [0.25, 0.3) is 0 Å². The van der Waals surface area contributed by atoms with Gasteiger partial charge in [-0.3, -0.25) is 0 Å². The van der Waals surface area contributed by atoms with Gasteiger partial charge in [-0.2, -0.15) is 13.2 Å². The normalized spacial score (nSPS) is 12.0. The second-order valence-electron chi connectivity index (χ2n) is 2.97. The number of fused-ring (bicyclic) bond motifs is 1. The van der Waals surface area contributed by atoms with Crippen molar-refractivity contribution in [1.82, 2.24) is 4.98 Å². The fraction of sp³-hybridized carbons (Fsp3) is 0.111. The molecule has 1 heterocycles. The lowest BCUT2D eigenvalue weighted by molar-refractivity contribution is -0.158. The van der Waals surface area contributed by atoms with Crippen molar-refractivity contribution in [3.05, 3.63) is 39.5 Å². The van der Waals surface area contributed by atoms with Crippen LogP contribution in [0.25, 0.3) is 10.9 Å². The Morgan fingerprint density at radius 1 is 1.31 bits per heavy atom. The Labute approximate surface area is 91.5 Å². The van der Waals surface area contributed by atoms with Crippen molar-refractivity contribution in [1.29, 1.82) is 0 Å². The van der Waals surface area contributed by atoms with Crippen LogP contribution in [0.4, 0.5) is 13.2 Å². The molecule has 0 bridgehead atoms. The van der Waals surface area contributed by atoms with Crippen molar-refractivity contribution in [2.24, 2.45) is 0 Å². The van der Waals surface area contributed by atoms with Gasteiger partial charge in [0.1, 0.15) is 0 Å². The van der Waals surface area contributed by atoms with E-state index in [1.54, 1.807) is 0 Å². The van der Waals surface area contributed by atoms with Crippen LogP contribution in [0.5, 0.6) is 0 Å². The van der Waals surface area contributed by atoms with E-state index in [0.717, 1.165) is 0 Å². The Morgan fingerprint density at radius 2 is 2.00 bits per heavy atom. The average Bonchev–Trinajstić information content (AvgIpc) is 2.15. The van der Waals surface area contributed by atoms with E-state index in [0.29, 0.717) is 0 Å². The summed E-state index contributed by atoms with van der Waals surface area (Å²) in [6.45, 7) is 0. The molecular weight excluding hydrogens is 247 g/mol. The minimum Gasteiger partial charge on any atom is -0.398 e. The number of hydrogen-bond acceptors (Lipinski definition) is 3. The second kappa shape index (κ2) is 3.48. The van der Waals surface area contributed by atoms with Gasteiger partial charge in [0.15, 0.2) is 0 Å². The van der Waals surface area contributed by atoms with E-state index in [-0.39, 0.29) is 15.9 Å². The Morgan fingerprint density at radius 3 is 2.62 bits per heavy atom. The maximum atomic E-state index is 12.3. The summed E-state index contributed by atoms with van der Waals surface area (Å²) >= 11 is 5.58. The highest BCUT2D eigenvalue weighted by molar-refractivity contribution is 6.31. The Hall–Kier alpha value is -1.56. The monoisotopic (exact) mass is 249 g/mol. The van der Waals surface area contributed by atoms with Gasteiger partial charge in [-0.25, -0.2) is 9.78 Å². The number of alkyl halides is 3. The summed E-state index contributed by atoms with van der Waals surface area (Å²) in [5.74, 6) is -1.58. The zero-order valence-electron chi connectivity index (χ0n) is 7.51. The van der Waals surface area contributed by atoms with Crippen LogP contribution >= 0.6 is 11.6 Å². The number of hydrogen-bond donors (Lipinski definition) is 0. The molecule has 0 spiro atoms. The first kappa shape index (κ1) is 10.9. The molecule has 16 heavy (non-hydrogen) atoms. The molecule has 1 aromatic heterocycles. The number of aromatic nitrogens is 1. The van der Waals surface area contributed by atoms with E-state index in [9.17, 15) is 18.0 Å². The summed E-state index contributed by atoms with van der Waals surface area (Å²) in [5.41, 5.74) is -1.23. The minimum atomic E-state index is -4.80. The van der Waals surface area contributed by atoms with Gasteiger partial charge in [0.05, 0.1) is 10.9 Å². The second-order valence-corrected chi connectivity index (χ2v) is 3.40. The van der Waals surface area contributed by atoms with Crippen LogP contribution in [0.15, 0.2) is 27.4 Å². The van der Waals surface area contributed by atoms with Crippen LogP contribution in [0.1, 0.15) is 5.89 Å². The molecule has 84 valence electrons. The van der Waals surface area contributed by atoms with Gasteiger partial charge in [0.2, 0.25) is 0 Å². The Balaban J connectivity index is 2.80. The number of benzene rings is 1. The van der Waals surface area contributed by atoms with Crippen molar-refractivity contribution in [3.8, 4) is 0 Å². The van der Waals surface area contributed by atoms with Crippen LogP contribution in [-0.4, -0.2) is 4.98 Å². The van der Waals surface area contributed by atoms with E-state index in [4.69, 9.17) is 11.6 Å². The highest BCUT2D eigenvalue weighted by atomic mass is 35.5. The number of rotatable bonds is 0. The van der Waals surface area contributed by atoms with Crippen LogP contribution in [0.3, 0.4) is 0 Å². The van der Waals surface area contributed by atoms with Crippen LogP contribution in [0, 0.1) is 0 Å². The van der Waals surface area contributed by atoms with Crippen molar-refractivity contribution in [2.75, 3.05) is 0 Å². The lowest BCUT2D eigenvalue weighted by Gasteiger charge is -2.04. The summed E-state index contributed by atoms with van der Waals surface area (Å²) in [7, 11) is 0. The zero-order valence-corrected chi connectivity index (χ0v) is 8.26. The summed E-state index contributed by atoms with van der Waals surface area (Å²) in [4.78, 5) is 14.4. The molecule has 0 atom stereocenters. The first-order valence-corrected chi connectivity index (χ1v) is 4.43. The molecule has 0 radical (unpaired) electrons. The molecule has 3 nitrogen and oxygen atoms in total. The van der Waals surface area contributed by atoms with Gasteiger partial charge < -0.3 is 4.42 Å². The van der Waals surface area contributed by atoms with E-state index in [1.165, 1.54) is 18.2 Å². The van der Waals surface area contributed by atoms with Gasteiger partial charge in [-0.05, 0) is 18.2 Å². The minimum absolute atomic E-state index is 0.0441. The highest BCUT2D eigenvalue weighted by Crippen LogP contribution is 2.28. The molecule has 7 heteroatoms. The number of halogens is 4. The molecule has 2 aromatic rings. The van der Waals surface area contributed by atoms with E-state index in [2.05, 4.69) is 9.40 Å². The lowest BCUT2D eigenvalue weighted by Crippen LogP contribution is -2.13. The topological polar surface area (TPSA) is 43.1 Å². The van der Waals surface area contributed by atoms with Crippen LogP contribution < -0.4 is 5.63 Å². The fourth-order valence-corrected chi connectivity index (χ4v) is 1.33. The molecule has 0 saturated heterocycles. The molecule has 1 aromatic carbocycles. The predicted molar refractivity (Wildman–Crippen MR) is 50.3 cm³/mol. The van der Waals surface area contributed by atoms with Crippen molar-refractivity contribution < 1.29 is 17.6 Å². The molecule has 0 aliphatic heterocycles. The molecule has 0 N–H and O–H groups in total. The van der Waals surface area contributed by atoms with E-state index >= 15 is 0 Å². The summed E-state index contributed by atoms with van der Waals surface area (Å²) in [5, 5.41) is 0.149. The average molecular weight is 250 g/mol. The van der Waals surface area contributed by atoms with E-state index < -0.39 is 17.7 Å². The largest absolute Gasteiger partial charge is 0.469 e. The van der Waals surface area contributed by atoms with Gasteiger partial charge in [-0.15, -0.1) is 0 Å². The smallest absolute Gasteiger partial charge is 0.398 e. The third-order valence-corrected chi connectivity index (χ3v) is 2.07. The molecule has 0 saturated carbocycles. The SMILES string of the molecule is O=c1oc(C(F)(F)F)nc2cc(Cl)ccc12. The standard InChI is InChI=1S/C9H3ClF3NO2/c10-4-1-2-5-6(3-4)14-8(9(11,12)13)16-7(5)15/h1-3H. The van der Waals surface area contributed by atoms with Crippen molar-refractivity contribution in [2.45, 2.75) is 6.18 Å². The van der Waals surface area contributed by atoms with Crippen LogP contribution in [-0.2, 0) is 6.18 Å². The molecule has 0 unspecified atom stereocenters. The van der Waals surface area contributed by atoms with Gasteiger partial charge in [0, 0.05) is 5.02 Å². The van der Waals surface area contributed by atoms with Gasteiger partial charge in [-0.1, -0.05) is 11.6 Å². The lowest BCUT2D eigenvalue weighted by atomic mass is 10.2. The van der Waals surface area contributed by atoms with Crippen molar-refractivity contribution >= 4 is 22.5 Å². The first-order chi connectivity index (χ1) is 7.38. The quantitative estimate of drug-likeness (QED) is 0.721. The summed E-state index contributed by atoms with van der Waals surface area (Å²) < 4.78 is 40.9. The Kier molecular flexibility index (Phi) is 2.38. The maximum Gasteiger partial charge on any atom is 0.469 e. The highest BCUT2D eigenvalue weighted by Gasteiger charge is 2.37. The van der Waals surface area contributed by atoms with Crippen molar-refractivity contribution in [3.63, 3.8) is 0 Å². The van der Waals surface area contributed by atoms with Gasteiger partial charge >= 0.3 is 17.7 Å². The molecule has 0 aliphatic carbocycles. The maximum absolute atomic E-state index is 12.3. The zero-order chi connectivity index (χ0) is 11.9. The fourth-order valence-electron chi connectivity index (χ4n) is 1.17. The molecule has 0 fully saturated rings. The first-order valence-electron chi connectivity index (χ1n) is 4.05. The van der Waals surface area contributed by atoms with Crippen LogP contribution in [0.2, 0.25) is 5.02 Å². The number of nitrogens with zero attached hydrogens (tertiary/aromatic N) is 1. The molecule has 0 aliphatic rings. The Bertz CT molecular complexity index is 606. The molecule has 2 rings (SSSR count). The molecule has 0 amide bonds. The predicted octanol–water partition coefficient (Wildman–Crippen LogP) is 2.86. The van der Waals surface area contributed by atoms with E-state index in [1.807, 2.05) is 0 Å². The summed E-state index contributed by atoms with van der Waals surface area (Å²) in [6, 6.07) is 3.80. The summed E-state index contributed by atoms with van der Waals surface area (Å²) in [6.07, 6.45) is -4.80.